The molecule has 1 aliphatic rings. The third-order valence-corrected chi connectivity index (χ3v) is 3.65. The van der Waals surface area contributed by atoms with E-state index in [1.165, 1.54) is 0 Å². The Hall–Kier alpha value is -2.53. The number of carbonyl (C=O) groups excluding carboxylic acids is 2. The van der Waals surface area contributed by atoms with Gasteiger partial charge in [0.1, 0.15) is 0 Å². The summed E-state index contributed by atoms with van der Waals surface area (Å²) in [6.45, 7) is 0.398. The Labute approximate surface area is 132 Å². The molecule has 2 aromatic carbocycles. The van der Waals surface area contributed by atoms with Gasteiger partial charge in [0.05, 0.1) is 6.42 Å². The fourth-order valence-electron chi connectivity index (χ4n) is 2.32. The topological polar surface area (TPSA) is 70.2 Å². The molecule has 112 valence electrons. The number of fused-ring (bicyclic) bond motifs is 1. The van der Waals surface area contributed by atoms with E-state index in [4.69, 9.17) is 11.6 Å². The van der Waals surface area contributed by atoms with Gasteiger partial charge in [-0.05, 0) is 29.8 Å². The third kappa shape index (κ3) is 3.20. The smallest absolute Gasteiger partial charge is 0.319 e. The molecule has 0 unspecified atom stereocenters. The van der Waals surface area contributed by atoms with Gasteiger partial charge in [-0.15, -0.1) is 0 Å². The van der Waals surface area contributed by atoms with Crippen LogP contribution in [-0.2, 0) is 17.8 Å². The van der Waals surface area contributed by atoms with Crippen molar-refractivity contribution < 1.29 is 9.59 Å². The molecular formula is C16H14ClN3O2. The Kier molecular flexibility index (Phi) is 3.98. The van der Waals surface area contributed by atoms with Crippen molar-refractivity contribution in [3.05, 3.63) is 58.6 Å². The van der Waals surface area contributed by atoms with Crippen LogP contribution in [0.2, 0.25) is 5.02 Å². The molecule has 1 aliphatic heterocycles. The van der Waals surface area contributed by atoms with E-state index in [9.17, 15) is 9.59 Å². The van der Waals surface area contributed by atoms with Gasteiger partial charge in [-0.3, -0.25) is 4.79 Å². The van der Waals surface area contributed by atoms with Gasteiger partial charge in [0.25, 0.3) is 0 Å². The van der Waals surface area contributed by atoms with Gasteiger partial charge in [-0.2, -0.15) is 0 Å². The van der Waals surface area contributed by atoms with Crippen LogP contribution in [0.5, 0.6) is 0 Å². The van der Waals surface area contributed by atoms with Crippen molar-refractivity contribution in [3.63, 3.8) is 0 Å². The number of benzene rings is 2. The summed E-state index contributed by atoms with van der Waals surface area (Å²) in [5.74, 6) is -0.0641. The lowest BCUT2D eigenvalue weighted by Gasteiger charge is -2.10. The molecule has 0 fully saturated rings. The molecule has 3 N–H and O–H groups in total. The minimum Gasteiger partial charge on any atom is -0.334 e. The van der Waals surface area contributed by atoms with E-state index in [0.717, 1.165) is 16.8 Å². The minimum atomic E-state index is -0.317. The average Bonchev–Trinajstić information content (AvgIpc) is 2.88. The van der Waals surface area contributed by atoms with Crippen molar-refractivity contribution in [3.8, 4) is 0 Å². The van der Waals surface area contributed by atoms with E-state index in [0.29, 0.717) is 17.3 Å². The second-order valence-corrected chi connectivity index (χ2v) is 5.43. The predicted octanol–water partition coefficient (Wildman–Crippen LogP) is 3.16. The number of urea groups is 1. The van der Waals surface area contributed by atoms with E-state index in [2.05, 4.69) is 16.0 Å². The normalized spacial score (nSPS) is 12.5. The Balaban J connectivity index is 1.62. The maximum Gasteiger partial charge on any atom is 0.319 e. The number of anilines is 2. The van der Waals surface area contributed by atoms with Crippen LogP contribution in [0.3, 0.4) is 0 Å². The highest BCUT2D eigenvalue weighted by Crippen LogP contribution is 2.29. The van der Waals surface area contributed by atoms with Gasteiger partial charge < -0.3 is 16.0 Å². The molecule has 3 amide bonds. The van der Waals surface area contributed by atoms with E-state index in [1.807, 2.05) is 18.2 Å². The Morgan fingerprint density at radius 2 is 1.95 bits per heavy atom. The first-order chi connectivity index (χ1) is 10.6. The van der Waals surface area contributed by atoms with E-state index in [-0.39, 0.29) is 18.4 Å². The Morgan fingerprint density at radius 3 is 2.73 bits per heavy atom. The summed E-state index contributed by atoms with van der Waals surface area (Å²) in [5.41, 5.74) is 3.16. The van der Waals surface area contributed by atoms with Gasteiger partial charge in [0.15, 0.2) is 0 Å². The summed E-state index contributed by atoms with van der Waals surface area (Å²) in [5, 5.41) is 8.96. The summed E-state index contributed by atoms with van der Waals surface area (Å²) in [6, 6.07) is 12.3. The fraction of sp³-hybridized carbons (Fsp3) is 0.125. The SMILES string of the molecule is O=C1Cc2c(cccc2NC(=O)NCc2ccc(Cl)cc2)N1. The molecule has 6 heteroatoms. The molecular weight excluding hydrogens is 302 g/mol. The van der Waals surface area contributed by atoms with Crippen LogP contribution in [0.25, 0.3) is 0 Å². The lowest BCUT2D eigenvalue weighted by molar-refractivity contribution is -0.115. The van der Waals surface area contributed by atoms with Crippen molar-refractivity contribution in [2.24, 2.45) is 0 Å². The van der Waals surface area contributed by atoms with Crippen LogP contribution in [0, 0.1) is 0 Å². The third-order valence-electron chi connectivity index (χ3n) is 3.40. The molecule has 2 aromatic rings. The zero-order valence-electron chi connectivity index (χ0n) is 11.7. The predicted molar refractivity (Wildman–Crippen MR) is 86.1 cm³/mol. The summed E-state index contributed by atoms with van der Waals surface area (Å²) >= 11 is 5.81. The van der Waals surface area contributed by atoms with Crippen molar-refractivity contribution >= 4 is 34.9 Å². The quantitative estimate of drug-likeness (QED) is 0.814. The standard InChI is InChI=1S/C16H14ClN3O2/c17-11-6-4-10(5-7-11)9-18-16(22)20-14-3-1-2-13-12(14)8-15(21)19-13/h1-7H,8-9H2,(H,19,21)(H2,18,20,22). The molecule has 0 aliphatic carbocycles. The van der Waals surface area contributed by atoms with Crippen LogP contribution in [0.4, 0.5) is 16.2 Å². The molecule has 0 atom stereocenters. The summed E-state index contributed by atoms with van der Waals surface area (Å²) in [7, 11) is 0. The lowest BCUT2D eigenvalue weighted by atomic mass is 10.1. The molecule has 22 heavy (non-hydrogen) atoms. The molecule has 1 heterocycles. The summed E-state index contributed by atoms with van der Waals surface area (Å²) in [4.78, 5) is 23.4. The first-order valence-electron chi connectivity index (χ1n) is 6.83. The Bertz CT molecular complexity index is 729. The monoisotopic (exact) mass is 315 g/mol. The molecule has 0 saturated heterocycles. The number of amides is 3. The summed E-state index contributed by atoms with van der Waals surface area (Å²) in [6.07, 6.45) is 0.281. The number of hydrogen-bond donors (Lipinski definition) is 3. The second kappa shape index (κ2) is 6.07. The van der Waals surface area contributed by atoms with Crippen LogP contribution in [-0.4, -0.2) is 11.9 Å². The van der Waals surface area contributed by atoms with Crippen molar-refractivity contribution in [1.82, 2.24) is 5.32 Å². The van der Waals surface area contributed by atoms with Crippen molar-refractivity contribution in [2.75, 3.05) is 10.6 Å². The van der Waals surface area contributed by atoms with Crippen LogP contribution < -0.4 is 16.0 Å². The number of nitrogens with one attached hydrogen (secondary N) is 3. The molecule has 5 nitrogen and oxygen atoms in total. The van der Waals surface area contributed by atoms with Gasteiger partial charge in [-0.25, -0.2) is 4.79 Å². The average molecular weight is 316 g/mol. The van der Waals surface area contributed by atoms with Gasteiger partial charge in [0.2, 0.25) is 5.91 Å². The van der Waals surface area contributed by atoms with Crippen LogP contribution in [0.1, 0.15) is 11.1 Å². The van der Waals surface area contributed by atoms with E-state index < -0.39 is 0 Å². The molecule has 0 bridgehead atoms. The maximum atomic E-state index is 12.0. The molecule has 3 rings (SSSR count). The molecule has 0 radical (unpaired) electrons. The van der Waals surface area contributed by atoms with Gasteiger partial charge >= 0.3 is 6.03 Å². The molecule has 0 saturated carbocycles. The first kappa shape index (κ1) is 14.4. The lowest BCUT2D eigenvalue weighted by Crippen LogP contribution is -2.28. The van der Waals surface area contributed by atoms with Crippen LogP contribution >= 0.6 is 11.6 Å². The zero-order chi connectivity index (χ0) is 15.5. The maximum absolute atomic E-state index is 12.0. The minimum absolute atomic E-state index is 0.0641. The Morgan fingerprint density at radius 1 is 1.18 bits per heavy atom. The summed E-state index contributed by atoms with van der Waals surface area (Å²) < 4.78 is 0. The first-order valence-corrected chi connectivity index (χ1v) is 7.20. The van der Waals surface area contributed by atoms with Crippen molar-refractivity contribution in [1.29, 1.82) is 0 Å². The van der Waals surface area contributed by atoms with E-state index in [1.54, 1.807) is 24.3 Å². The van der Waals surface area contributed by atoms with Crippen LogP contribution in [0.15, 0.2) is 42.5 Å². The number of rotatable bonds is 3. The fourth-order valence-corrected chi connectivity index (χ4v) is 2.44. The highest BCUT2D eigenvalue weighted by molar-refractivity contribution is 6.30. The van der Waals surface area contributed by atoms with Crippen molar-refractivity contribution in [2.45, 2.75) is 13.0 Å². The molecule has 0 aromatic heterocycles. The highest BCUT2D eigenvalue weighted by Gasteiger charge is 2.21. The zero-order valence-corrected chi connectivity index (χ0v) is 12.4. The molecule has 0 spiro atoms. The van der Waals surface area contributed by atoms with Gasteiger partial charge in [0, 0.05) is 28.5 Å². The number of carbonyl (C=O) groups is 2. The largest absolute Gasteiger partial charge is 0.334 e. The van der Waals surface area contributed by atoms with E-state index >= 15 is 0 Å². The van der Waals surface area contributed by atoms with Gasteiger partial charge in [-0.1, -0.05) is 29.8 Å². The highest BCUT2D eigenvalue weighted by atomic mass is 35.5. The number of halogens is 1. The number of hydrogen-bond acceptors (Lipinski definition) is 2. The second-order valence-electron chi connectivity index (χ2n) is 4.99.